The largest absolute Gasteiger partial charge is 0.297 e. The van der Waals surface area contributed by atoms with Crippen molar-refractivity contribution in [3.8, 4) is 11.4 Å². The molecule has 0 amide bonds. The van der Waals surface area contributed by atoms with Gasteiger partial charge in [0, 0.05) is 23.5 Å². The van der Waals surface area contributed by atoms with Gasteiger partial charge in [-0.25, -0.2) is 9.07 Å². The van der Waals surface area contributed by atoms with E-state index < -0.39 is 0 Å². The molecule has 2 aromatic heterocycles. The highest BCUT2D eigenvalue weighted by atomic mass is 32.1. The van der Waals surface area contributed by atoms with Crippen molar-refractivity contribution >= 4 is 23.6 Å². The Bertz CT molecular complexity index is 1060. The van der Waals surface area contributed by atoms with Crippen molar-refractivity contribution in [1.29, 1.82) is 0 Å². The number of halogens is 1. The van der Waals surface area contributed by atoms with E-state index in [4.69, 9.17) is 17.3 Å². The van der Waals surface area contributed by atoms with Crippen LogP contribution in [-0.2, 0) is 13.1 Å². The maximum Gasteiger partial charge on any atom is 0.199 e. The van der Waals surface area contributed by atoms with Crippen molar-refractivity contribution < 1.29 is 4.39 Å². The molecule has 3 aromatic rings. The number of fused-ring (bicyclic) bond motifs is 1. The highest BCUT2D eigenvalue weighted by Crippen LogP contribution is 2.40. The van der Waals surface area contributed by atoms with Crippen LogP contribution in [0.3, 0.4) is 0 Å². The molecule has 5 rings (SSSR count). The molecule has 1 aliphatic carbocycles. The third-order valence-electron chi connectivity index (χ3n) is 5.81. The van der Waals surface area contributed by atoms with Crippen molar-refractivity contribution in [2.75, 3.05) is 6.54 Å². The van der Waals surface area contributed by atoms with Gasteiger partial charge in [-0.1, -0.05) is 19.1 Å². The van der Waals surface area contributed by atoms with Gasteiger partial charge in [0.25, 0.3) is 0 Å². The second-order valence-electron chi connectivity index (χ2n) is 7.61. The van der Waals surface area contributed by atoms with Gasteiger partial charge >= 0.3 is 0 Å². The fourth-order valence-electron chi connectivity index (χ4n) is 4.27. The van der Waals surface area contributed by atoms with Crippen LogP contribution in [0.4, 0.5) is 4.39 Å². The minimum absolute atomic E-state index is 0.246. The molecule has 0 unspecified atom stereocenters. The van der Waals surface area contributed by atoms with Gasteiger partial charge in [-0.2, -0.15) is 5.10 Å². The van der Waals surface area contributed by atoms with Crippen molar-refractivity contribution in [1.82, 2.24) is 19.2 Å². The third kappa shape index (κ3) is 3.06. The van der Waals surface area contributed by atoms with Crippen LogP contribution in [0.1, 0.15) is 48.7 Å². The average Bonchev–Trinajstić information content (AvgIpc) is 3.33. The minimum atomic E-state index is -0.246. The van der Waals surface area contributed by atoms with E-state index in [-0.39, 0.29) is 5.82 Å². The molecule has 2 aliphatic rings. The Hall–Kier alpha value is -1.83. The van der Waals surface area contributed by atoms with Crippen LogP contribution in [0.2, 0.25) is 0 Å². The number of thiophene rings is 1. The maximum atomic E-state index is 14.5. The van der Waals surface area contributed by atoms with Crippen LogP contribution in [0.25, 0.3) is 11.4 Å². The van der Waals surface area contributed by atoms with Crippen molar-refractivity contribution in [2.24, 2.45) is 0 Å². The van der Waals surface area contributed by atoms with E-state index in [1.165, 1.54) is 16.5 Å². The first kappa shape index (κ1) is 18.2. The van der Waals surface area contributed by atoms with E-state index >= 15 is 0 Å². The summed E-state index contributed by atoms with van der Waals surface area (Å²) in [5, 5.41) is 7.00. The molecule has 1 atom stereocenters. The number of rotatable bonds is 5. The van der Waals surface area contributed by atoms with Crippen LogP contribution in [0, 0.1) is 10.6 Å². The van der Waals surface area contributed by atoms with Crippen molar-refractivity contribution in [3.63, 3.8) is 0 Å². The van der Waals surface area contributed by atoms with E-state index in [0.29, 0.717) is 34.9 Å². The third-order valence-corrected chi connectivity index (χ3v) is 7.21. The highest BCUT2D eigenvalue weighted by Gasteiger charge is 2.32. The lowest BCUT2D eigenvalue weighted by Crippen LogP contribution is -2.36. The molecular formula is C21H23FN4S2. The van der Waals surface area contributed by atoms with Gasteiger partial charge in [0.1, 0.15) is 5.82 Å². The van der Waals surface area contributed by atoms with Crippen LogP contribution < -0.4 is 0 Å². The first-order valence-corrected chi connectivity index (χ1v) is 11.2. The molecule has 28 heavy (non-hydrogen) atoms. The lowest BCUT2D eigenvalue weighted by atomic mass is 9.98. The zero-order valence-electron chi connectivity index (χ0n) is 15.8. The van der Waals surface area contributed by atoms with Gasteiger partial charge < -0.3 is 0 Å². The summed E-state index contributed by atoms with van der Waals surface area (Å²) < 4.78 is 19.1. The molecule has 1 aromatic carbocycles. The monoisotopic (exact) mass is 414 g/mol. The zero-order chi connectivity index (χ0) is 19.3. The Morgan fingerprint density at radius 3 is 2.82 bits per heavy atom. The van der Waals surface area contributed by atoms with Gasteiger partial charge in [-0.05, 0) is 67.0 Å². The lowest BCUT2D eigenvalue weighted by molar-refractivity contribution is 0.129. The predicted octanol–water partition coefficient (Wildman–Crippen LogP) is 5.58. The summed E-state index contributed by atoms with van der Waals surface area (Å²) in [4.78, 5) is 3.96. The molecule has 146 valence electrons. The normalized spacial score (nSPS) is 19.7. The number of benzene rings is 1. The Morgan fingerprint density at radius 2 is 2.07 bits per heavy atom. The predicted molar refractivity (Wildman–Crippen MR) is 112 cm³/mol. The molecule has 1 saturated carbocycles. The molecule has 4 nitrogen and oxygen atoms in total. The molecule has 1 aliphatic heterocycles. The SMILES string of the molecule is CC[C@@H]1c2ccsc2CCN1Cn1nc(-c2ccccc2F)n(C2CC2)c1=S. The summed E-state index contributed by atoms with van der Waals surface area (Å²) in [6.45, 7) is 3.88. The minimum Gasteiger partial charge on any atom is -0.297 e. The number of aromatic nitrogens is 3. The summed E-state index contributed by atoms with van der Waals surface area (Å²) >= 11 is 7.65. The fourth-order valence-corrected chi connectivity index (χ4v) is 5.53. The first-order valence-electron chi connectivity index (χ1n) is 9.92. The maximum absolute atomic E-state index is 14.5. The Morgan fingerprint density at radius 1 is 1.25 bits per heavy atom. The summed E-state index contributed by atoms with van der Waals surface area (Å²) in [6.07, 6.45) is 4.29. The smallest absolute Gasteiger partial charge is 0.199 e. The number of hydrogen-bond acceptors (Lipinski definition) is 4. The summed E-state index contributed by atoms with van der Waals surface area (Å²) in [5.41, 5.74) is 1.98. The molecular weight excluding hydrogens is 391 g/mol. The van der Waals surface area contributed by atoms with E-state index in [1.807, 2.05) is 22.1 Å². The number of hydrogen-bond donors (Lipinski definition) is 0. The molecule has 1 fully saturated rings. The Labute approximate surface area is 173 Å². The quantitative estimate of drug-likeness (QED) is 0.510. The van der Waals surface area contributed by atoms with E-state index in [2.05, 4.69) is 27.8 Å². The summed E-state index contributed by atoms with van der Waals surface area (Å²) in [5.74, 6) is 0.413. The van der Waals surface area contributed by atoms with Crippen LogP contribution in [0.5, 0.6) is 0 Å². The van der Waals surface area contributed by atoms with Gasteiger partial charge in [-0.15, -0.1) is 11.3 Å². The van der Waals surface area contributed by atoms with Gasteiger partial charge in [0.05, 0.1) is 12.2 Å². The van der Waals surface area contributed by atoms with E-state index in [9.17, 15) is 4.39 Å². The molecule has 0 bridgehead atoms. The topological polar surface area (TPSA) is 26.0 Å². The summed E-state index contributed by atoms with van der Waals surface area (Å²) in [6, 6.07) is 9.85. The van der Waals surface area contributed by atoms with Gasteiger partial charge in [-0.3, -0.25) is 9.47 Å². The lowest BCUT2D eigenvalue weighted by Gasteiger charge is -2.35. The molecule has 0 radical (unpaired) electrons. The molecule has 0 spiro atoms. The van der Waals surface area contributed by atoms with Crippen LogP contribution >= 0.6 is 23.6 Å². The van der Waals surface area contributed by atoms with Crippen molar-refractivity contribution in [2.45, 2.75) is 51.4 Å². The summed E-state index contributed by atoms with van der Waals surface area (Å²) in [7, 11) is 0. The fraction of sp³-hybridized carbons (Fsp3) is 0.429. The molecule has 7 heteroatoms. The standard InChI is InChI=1S/C21H23FN4S2/c1-2-18-16-10-12-28-19(16)9-11-24(18)13-25-21(27)26(14-7-8-14)20(23-25)15-5-3-4-6-17(15)22/h3-6,10,12,14,18H,2,7-9,11,13H2,1H3/t18-/m1/s1. The Kier molecular flexibility index (Phi) is 4.69. The second-order valence-corrected chi connectivity index (χ2v) is 8.98. The molecule has 0 saturated heterocycles. The first-order chi connectivity index (χ1) is 13.7. The van der Waals surface area contributed by atoms with E-state index in [1.54, 1.807) is 12.1 Å². The van der Waals surface area contributed by atoms with Gasteiger partial charge in [0.15, 0.2) is 10.6 Å². The van der Waals surface area contributed by atoms with Crippen LogP contribution in [0.15, 0.2) is 35.7 Å². The average molecular weight is 415 g/mol. The van der Waals surface area contributed by atoms with Gasteiger partial charge in [0.2, 0.25) is 0 Å². The van der Waals surface area contributed by atoms with Crippen LogP contribution in [-0.4, -0.2) is 25.8 Å². The second kappa shape index (κ2) is 7.21. The van der Waals surface area contributed by atoms with E-state index in [0.717, 1.165) is 32.2 Å². The van der Waals surface area contributed by atoms with Crippen molar-refractivity contribution in [3.05, 3.63) is 56.7 Å². The highest BCUT2D eigenvalue weighted by molar-refractivity contribution is 7.71. The molecule has 3 heterocycles. The molecule has 0 N–H and O–H groups in total. The number of nitrogens with zero attached hydrogens (tertiary/aromatic N) is 4. The Balaban J connectivity index is 1.52. The zero-order valence-corrected chi connectivity index (χ0v) is 17.5.